The fraction of sp³-hybridized carbons (Fsp3) is 0.259. The summed E-state index contributed by atoms with van der Waals surface area (Å²) in [4.78, 5) is 8.62. The van der Waals surface area contributed by atoms with Crippen molar-refractivity contribution >= 4 is 17.1 Å². The van der Waals surface area contributed by atoms with E-state index >= 15 is 0 Å². The number of halogens is 2. The first-order chi connectivity index (χ1) is 16.7. The Kier molecular flexibility index (Phi) is 6.84. The molecule has 1 aliphatic carbocycles. The number of nitrogens with zero attached hydrogens (tertiary/aromatic N) is 2. The van der Waals surface area contributed by atoms with E-state index in [1.165, 1.54) is 12.1 Å². The Morgan fingerprint density at radius 2 is 2.00 bits per heavy atom. The van der Waals surface area contributed by atoms with E-state index in [2.05, 4.69) is 28.4 Å². The lowest BCUT2D eigenvalue weighted by molar-refractivity contribution is 0.172. The summed E-state index contributed by atoms with van der Waals surface area (Å²) in [6, 6.07) is 6.55. The fourth-order valence-corrected chi connectivity index (χ4v) is 4.61. The third-order valence-electron chi connectivity index (χ3n) is 6.44. The predicted octanol–water partition coefficient (Wildman–Crippen LogP) is 5.89. The molecule has 4 rings (SSSR count). The SMILES string of the molecule is C=C(O)c1cccc(F)c1-c1nc(C(C)Nc2cnccc2[C@H]2CC[C@H](O)C(=C)C2)c(N)cc1F. The third kappa shape index (κ3) is 4.88. The van der Waals surface area contributed by atoms with Gasteiger partial charge in [-0.05, 0) is 55.4 Å². The van der Waals surface area contributed by atoms with E-state index in [0.717, 1.165) is 35.4 Å². The lowest BCUT2D eigenvalue weighted by Gasteiger charge is -2.30. The van der Waals surface area contributed by atoms with Gasteiger partial charge in [0.1, 0.15) is 17.3 Å². The number of anilines is 2. The quantitative estimate of drug-likeness (QED) is 0.260. The fourth-order valence-electron chi connectivity index (χ4n) is 4.61. The van der Waals surface area contributed by atoms with E-state index < -0.39 is 29.5 Å². The number of aromatic nitrogens is 2. The average Bonchev–Trinajstić information content (AvgIpc) is 2.81. The van der Waals surface area contributed by atoms with Crippen LogP contribution in [0.2, 0.25) is 0 Å². The molecule has 0 amide bonds. The van der Waals surface area contributed by atoms with Crippen molar-refractivity contribution in [3.8, 4) is 11.3 Å². The summed E-state index contributed by atoms with van der Waals surface area (Å²) in [6.45, 7) is 9.25. The number of rotatable bonds is 6. The van der Waals surface area contributed by atoms with E-state index in [-0.39, 0.29) is 28.4 Å². The van der Waals surface area contributed by atoms with Crippen molar-refractivity contribution in [1.82, 2.24) is 9.97 Å². The Morgan fingerprint density at radius 1 is 1.23 bits per heavy atom. The second kappa shape index (κ2) is 9.84. The molecule has 0 radical (unpaired) electrons. The van der Waals surface area contributed by atoms with Gasteiger partial charge < -0.3 is 21.3 Å². The van der Waals surface area contributed by atoms with Crippen LogP contribution in [-0.4, -0.2) is 26.3 Å². The number of nitrogens with one attached hydrogen (secondary N) is 1. The molecule has 2 heterocycles. The molecule has 3 aromatic rings. The summed E-state index contributed by atoms with van der Waals surface area (Å²) in [5.74, 6) is -1.79. The van der Waals surface area contributed by atoms with E-state index in [9.17, 15) is 19.0 Å². The minimum absolute atomic E-state index is 0.0435. The average molecular weight is 479 g/mol. The number of nitrogen functional groups attached to an aromatic ring is 1. The van der Waals surface area contributed by atoms with Crippen LogP contribution in [0.3, 0.4) is 0 Å². The lowest BCUT2D eigenvalue weighted by Crippen LogP contribution is -2.21. The molecule has 1 unspecified atom stereocenters. The van der Waals surface area contributed by atoms with Crippen LogP contribution >= 0.6 is 0 Å². The van der Waals surface area contributed by atoms with Crippen molar-refractivity contribution in [2.24, 2.45) is 0 Å². The second-order valence-electron chi connectivity index (χ2n) is 8.88. The van der Waals surface area contributed by atoms with Crippen molar-refractivity contribution in [2.45, 2.75) is 44.2 Å². The van der Waals surface area contributed by atoms with Gasteiger partial charge in [-0.15, -0.1) is 0 Å². The van der Waals surface area contributed by atoms with Gasteiger partial charge >= 0.3 is 0 Å². The molecule has 182 valence electrons. The molecular formula is C27H28F2N4O2. The van der Waals surface area contributed by atoms with Gasteiger partial charge in [0, 0.05) is 23.4 Å². The molecule has 0 spiro atoms. The van der Waals surface area contributed by atoms with Crippen LogP contribution in [-0.2, 0) is 0 Å². The van der Waals surface area contributed by atoms with Gasteiger partial charge in [-0.25, -0.2) is 13.8 Å². The molecule has 0 aliphatic heterocycles. The Labute approximate surface area is 202 Å². The minimum Gasteiger partial charge on any atom is -0.508 e. The summed E-state index contributed by atoms with van der Waals surface area (Å²) >= 11 is 0. The molecule has 2 aromatic heterocycles. The maximum Gasteiger partial charge on any atom is 0.151 e. The maximum absolute atomic E-state index is 14.9. The highest BCUT2D eigenvalue weighted by Crippen LogP contribution is 2.39. The highest BCUT2D eigenvalue weighted by Gasteiger charge is 2.27. The highest BCUT2D eigenvalue weighted by atomic mass is 19.1. The smallest absolute Gasteiger partial charge is 0.151 e. The van der Waals surface area contributed by atoms with Crippen molar-refractivity contribution < 1.29 is 19.0 Å². The summed E-state index contributed by atoms with van der Waals surface area (Å²) in [5.41, 5.74) is 8.71. The number of hydrogen-bond acceptors (Lipinski definition) is 6. The number of nitrogens with two attached hydrogens (primary N) is 1. The number of pyridine rings is 2. The summed E-state index contributed by atoms with van der Waals surface area (Å²) < 4.78 is 29.7. The molecular weight excluding hydrogens is 450 g/mol. The van der Waals surface area contributed by atoms with Gasteiger partial charge in [0.15, 0.2) is 5.82 Å². The molecule has 1 aromatic carbocycles. The zero-order valence-corrected chi connectivity index (χ0v) is 19.4. The summed E-state index contributed by atoms with van der Waals surface area (Å²) in [5, 5.41) is 23.3. The van der Waals surface area contributed by atoms with Gasteiger partial charge in [-0.1, -0.05) is 25.3 Å². The monoisotopic (exact) mass is 478 g/mol. The van der Waals surface area contributed by atoms with Crippen LogP contribution in [0.15, 0.2) is 61.5 Å². The summed E-state index contributed by atoms with van der Waals surface area (Å²) in [7, 11) is 0. The normalized spacial score (nSPS) is 18.8. The van der Waals surface area contributed by atoms with Crippen LogP contribution in [0.5, 0.6) is 0 Å². The summed E-state index contributed by atoms with van der Waals surface area (Å²) in [6.07, 6.45) is 5.03. The zero-order valence-electron chi connectivity index (χ0n) is 19.4. The largest absolute Gasteiger partial charge is 0.508 e. The minimum atomic E-state index is -0.813. The van der Waals surface area contributed by atoms with Gasteiger partial charge in [-0.2, -0.15) is 0 Å². The number of hydrogen-bond donors (Lipinski definition) is 4. The zero-order chi connectivity index (χ0) is 25.3. The molecule has 1 aliphatic rings. The Hall–Kier alpha value is -3.78. The van der Waals surface area contributed by atoms with E-state index in [0.29, 0.717) is 18.5 Å². The van der Waals surface area contributed by atoms with E-state index in [4.69, 9.17) is 5.73 Å². The Morgan fingerprint density at radius 3 is 2.71 bits per heavy atom. The van der Waals surface area contributed by atoms with Crippen LogP contribution in [0.25, 0.3) is 17.0 Å². The standard InChI is InChI=1S/C27H28F2N4O2/c1-14-11-17(7-8-24(14)35)19-9-10-31-13-23(19)32-15(2)26-22(30)12-21(29)27(33-26)25-18(16(3)34)5-4-6-20(25)28/h4-6,9-10,12-13,15,17,24,32,34-35H,1,3,7-8,11,30H2,2H3/t15?,17-,24-/m0/s1. The van der Waals surface area contributed by atoms with Crippen molar-refractivity contribution in [3.63, 3.8) is 0 Å². The van der Waals surface area contributed by atoms with E-state index in [1.54, 1.807) is 12.4 Å². The van der Waals surface area contributed by atoms with Crippen molar-refractivity contribution in [2.75, 3.05) is 11.1 Å². The second-order valence-corrected chi connectivity index (χ2v) is 8.88. The molecule has 0 bridgehead atoms. The molecule has 0 saturated heterocycles. The van der Waals surface area contributed by atoms with E-state index in [1.807, 2.05) is 13.0 Å². The number of aliphatic hydroxyl groups excluding tert-OH is 2. The first-order valence-electron chi connectivity index (χ1n) is 11.4. The molecule has 1 fully saturated rings. The molecule has 3 atom stereocenters. The molecule has 35 heavy (non-hydrogen) atoms. The first kappa shape index (κ1) is 24.3. The van der Waals surface area contributed by atoms with Gasteiger partial charge in [-0.3, -0.25) is 4.98 Å². The molecule has 5 N–H and O–H groups in total. The third-order valence-corrected chi connectivity index (χ3v) is 6.44. The maximum atomic E-state index is 14.9. The number of aliphatic hydroxyl groups is 2. The molecule has 6 nitrogen and oxygen atoms in total. The topological polar surface area (TPSA) is 104 Å². The highest BCUT2D eigenvalue weighted by molar-refractivity contribution is 5.77. The first-order valence-corrected chi connectivity index (χ1v) is 11.4. The van der Waals surface area contributed by atoms with Crippen LogP contribution < -0.4 is 11.1 Å². The van der Waals surface area contributed by atoms with Gasteiger partial charge in [0.25, 0.3) is 0 Å². The lowest BCUT2D eigenvalue weighted by atomic mass is 9.80. The Bertz CT molecular complexity index is 1290. The van der Waals surface area contributed by atoms with Crippen LogP contribution in [0.4, 0.5) is 20.2 Å². The predicted molar refractivity (Wildman–Crippen MR) is 134 cm³/mol. The van der Waals surface area contributed by atoms with Gasteiger partial charge in [0.05, 0.1) is 35.4 Å². The van der Waals surface area contributed by atoms with Gasteiger partial charge in [0.2, 0.25) is 0 Å². The number of benzene rings is 1. The molecule has 1 saturated carbocycles. The van der Waals surface area contributed by atoms with Crippen LogP contribution in [0.1, 0.15) is 55.0 Å². The van der Waals surface area contributed by atoms with Crippen molar-refractivity contribution in [1.29, 1.82) is 0 Å². The Balaban J connectivity index is 1.70. The molecule has 8 heteroatoms. The van der Waals surface area contributed by atoms with Crippen LogP contribution in [0, 0.1) is 11.6 Å². The van der Waals surface area contributed by atoms with Crippen molar-refractivity contribution in [3.05, 3.63) is 89.9 Å².